The van der Waals surface area contributed by atoms with E-state index in [0.717, 1.165) is 17.0 Å². The van der Waals surface area contributed by atoms with Gasteiger partial charge in [-0.15, -0.1) is 0 Å². The van der Waals surface area contributed by atoms with Crippen LogP contribution in [0.15, 0.2) is 78.9 Å². The van der Waals surface area contributed by atoms with Gasteiger partial charge in [0.2, 0.25) is 5.91 Å². The number of hydrogen-bond donors (Lipinski definition) is 1. The van der Waals surface area contributed by atoms with Crippen molar-refractivity contribution in [2.45, 2.75) is 18.8 Å². The molecule has 6 nitrogen and oxygen atoms in total. The molecule has 2 N–H and O–H groups in total. The van der Waals surface area contributed by atoms with Crippen LogP contribution < -0.4 is 5.73 Å². The zero-order chi connectivity index (χ0) is 24.9. The van der Waals surface area contributed by atoms with Crippen molar-refractivity contribution in [2.75, 3.05) is 7.11 Å². The highest BCUT2D eigenvalue weighted by Gasteiger charge is 2.33. The van der Waals surface area contributed by atoms with E-state index < -0.39 is 35.6 Å². The number of nitrogens with zero attached hydrogens (tertiary/aromatic N) is 1. The van der Waals surface area contributed by atoms with Crippen molar-refractivity contribution in [1.82, 2.24) is 4.90 Å². The molecule has 0 fully saturated rings. The summed E-state index contributed by atoms with van der Waals surface area (Å²) in [6.45, 7) is -0.340. The van der Waals surface area contributed by atoms with E-state index in [1.54, 1.807) is 30.3 Å². The minimum Gasteiger partial charge on any atom is -0.465 e. The van der Waals surface area contributed by atoms with E-state index in [-0.39, 0.29) is 23.2 Å². The third kappa shape index (κ3) is 5.61. The maximum absolute atomic E-state index is 13.6. The van der Waals surface area contributed by atoms with Gasteiger partial charge in [0.25, 0.3) is 5.91 Å². The monoisotopic (exact) mass is 470 g/mol. The van der Waals surface area contributed by atoms with E-state index in [4.69, 9.17) is 5.73 Å². The first-order chi connectivity index (χ1) is 16.1. The Labute approximate surface area is 193 Å². The maximum atomic E-state index is 13.6. The molecule has 0 radical (unpaired) electrons. The Hall–Kier alpha value is -4.14. The third-order valence-corrected chi connectivity index (χ3v) is 5.10. The predicted molar refractivity (Wildman–Crippen MR) is 117 cm³/mol. The molecule has 0 aliphatic rings. The number of esters is 1. The van der Waals surface area contributed by atoms with E-state index in [2.05, 4.69) is 4.74 Å². The summed E-state index contributed by atoms with van der Waals surface area (Å²) in [4.78, 5) is 39.0. The minimum atomic E-state index is -4.58. The Morgan fingerprint density at radius 1 is 0.912 bits per heavy atom. The molecule has 34 heavy (non-hydrogen) atoms. The summed E-state index contributed by atoms with van der Waals surface area (Å²) in [7, 11) is 1.19. The van der Waals surface area contributed by atoms with Gasteiger partial charge in [0, 0.05) is 12.1 Å². The number of alkyl halides is 3. The lowest BCUT2D eigenvalue weighted by Crippen LogP contribution is -2.41. The van der Waals surface area contributed by atoms with Crippen molar-refractivity contribution in [3.05, 3.63) is 107 Å². The van der Waals surface area contributed by atoms with Gasteiger partial charge in [-0.25, -0.2) is 4.79 Å². The molecule has 1 atom stereocenters. The van der Waals surface area contributed by atoms with Crippen LogP contribution in [-0.2, 0) is 22.3 Å². The lowest BCUT2D eigenvalue weighted by molar-refractivity contribution is -0.137. The van der Waals surface area contributed by atoms with Crippen LogP contribution in [0.1, 0.15) is 43.4 Å². The minimum absolute atomic E-state index is 0.0389. The summed E-state index contributed by atoms with van der Waals surface area (Å²) < 4.78 is 44.4. The average molecular weight is 470 g/mol. The number of halogens is 3. The Morgan fingerprint density at radius 2 is 1.56 bits per heavy atom. The number of carbonyl (C=O) groups excluding carboxylic acids is 3. The zero-order valence-corrected chi connectivity index (χ0v) is 18.1. The summed E-state index contributed by atoms with van der Waals surface area (Å²) in [6, 6.07) is 17.0. The number of carbonyl (C=O) groups is 3. The molecule has 0 heterocycles. The fraction of sp³-hybridized carbons (Fsp3) is 0.160. The third-order valence-electron chi connectivity index (χ3n) is 5.10. The molecule has 2 amide bonds. The largest absolute Gasteiger partial charge is 0.465 e. The SMILES string of the molecule is COC(=O)c1cccc(C(=O)N(Cc2cccc(C(F)(F)F)c2)[C@@H](C(N)=O)c2ccccc2)c1. The van der Waals surface area contributed by atoms with E-state index in [9.17, 15) is 27.6 Å². The Bertz CT molecular complexity index is 1200. The molecule has 0 unspecified atom stereocenters. The second-order valence-electron chi connectivity index (χ2n) is 7.42. The second-order valence-corrected chi connectivity index (χ2v) is 7.42. The van der Waals surface area contributed by atoms with Gasteiger partial charge in [-0.3, -0.25) is 9.59 Å². The van der Waals surface area contributed by atoms with E-state index in [0.29, 0.717) is 5.56 Å². The lowest BCUT2D eigenvalue weighted by Gasteiger charge is -2.30. The van der Waals surface area contributed by atoms with Gasteiger partial charge in [0.05, 0.1) is 18.2 Å². The molecule has 0 aromatic heterocycles. The number of nitrogens with two attached hydrogens (primary N) is 1. The summed E-state index contributed by atoms with van der Waals surface area (Å²) in [6.07, 6.45) is -4.58. The summed E-state index contributed by atoms with van der Waals surface area (Å²) in [5, 5.41) is 0. The van der Waals surface area contributed by atoms with Crippen molar-refractivity contribution in [3.8, 4) is 0 Å². The van der Waals surface area contributed by atoms with Gasteiger partial charge in [0.1, 0.15) is 6.04 Å². The lowest BCUT2D eigenvalue weighted by atomic mass is 10.0. The van der Waals surface area contributed by atoms with Crippen LogP contribution in [0.3, 0.4) is 0 Å². The van der Waals surface area contributed by atoms with Gasteiger partial charge in [-0.2, -0.15) is 13.2 Å². The van der Waals surface area contributed by atoms with Gasteiger partial charge in [-0.05, 0) is 41.5 Å². The van der Waals surface area contributed by atoms with Crippen molar-refractivity contribution in [3.63, 3.8) is 0 Å². The molecule has 176 valence electrons. The smallest absolute Gasteiger partial charge is 0.416 e. The highest BCUT2D eigenvalue weighted by molar-refractivity contribution is 6.00. The maximum Gasteiger partial charge on any atom is 0.416 e. The predicted octanol–water partition coefficient (Wildman–Crippen LogP) is 4.36. The molecular formula is C25H21F3N2O4. The van der Waals surface area contributed by atoms with Gasteiger partial charge < -0.3 is 15.4 Å². The fourth-order valence-electron chi connectivity index (χ4n) is 3.52. The molecule has 0 aliphatic heterocycles. The van der Waals surface area contributed by atoms with Gasteiger partial charge >= 0.3 is 12.1 Å². The Kier molecular flexibility index (Phi) is 7.35. The summed E-state index contributed by atoms with van der Waals surface area (Å²) in [5.41, 5.74) is 5.44. The normalized spacial score (nSPS) is 12.0. The molecule has 3 aromatic carbocycles. The number of amides is 2. The number of primary amides is 1. The number of ether oxygens (including phenoxy) is 1. The summed E-state index contributed by atoms with van der Waals surface area (Å²) >= 11 is 0. The first-order valence-corrected chi connectivity index (χ1v) is 10.1. The molecule has 3 aromatic rings. The highest BCUT2D eigenvalue weighted by Crippen LogP contribution is 2.31. The molecule has 0 saturated carbocycles. The number of rotatable bonds is 7. The van der Waals surface area contributed by atoms with Crippen LogP contribution >= 0.6 is 0 Å². The van der Waals surface area contributed by atoms with Gasteiger partial charge in [0.15, 0.2) is 0 Å². The Balaban J connectivity index is 2.09. The van der Waals surface area contributed by atoms with Crippen molar-refractivity contribution >= 4 is 17.8 Å². The van der Waals surface area contributed by atoms with Crippen molar-refractivity contribution < 1.29 is 32.3 Å². The standard InChI is InChI=1S/C25H21F3N2O4/c1-34-24(33)19-11-6-10-18(14-19)23(32)30(21(22(29)31)17-8-3-2-4-9-17)15-16-7-5-12-20(13-16)25(26,27)28/h2-14,21H,15H2,1H3,(H2,29,31)/t21-/m1/s1. The average Bonchev–Trinajstić information content (AvgIpc) is 2.83. The van der Waals surface area contributed by atoms with Crippen LogP contribution in [0.4, 0.5) is 13.2 Å². The van der Waals surface area contributed by atoms with Crippen LogP contribution in [0.2, 0.25) is 0 Å². The van der Waals surface area contributed by atoms with Crippen molar-refractivity contribution in [1.29, 1.82) is 0 Å². The van der Waals surface area contributed by atoms with Crippen LogP contribution in [0, 0.1) is 0 Å². The quantitative estimate of drug-likeness (QED) is 0.520. The molecule has 0 saturated heterocycles. The first-order valence-electron chi connectivity index (χ1n) is 10.1. The highest BCUT2D eigenvalue weighted by atomic mass is 19.4. The molecule has 0 spiro atoms. The molecule has 0 aliphatic carbocycles. The molecule has 3 rings (SSSR count). The molecular weight excluding hydrogens is 449 g/mol. The second kappa shape index (κ2) is 10.2. The van der Waals surface area contributed by atoms with E-state index in [1.807, 2.05) is 0 Å². The number of methoxy groups -OCH3 is 1. The number of hydrogen-bond acceptors (Lipinski definition) is 4. The molecule has 9 heteroatoms. The number of benzene rings is 3. The first kappa shape index (κ1) is 24.5. The van der Waals surface area contributed by atoms with E-state index in [1.165, 1.54) is 43.5 Å². The topological polar surface area (TPSA) is 89.7 Å². The zero-order valence-electron chi connectivity index (χ0n) is 18.1. The molecule has 0 bridgehead atoms. The van der Waals surface area contributed by atoms with Crippen LogP contribution in [0.25, 0.3) is 0 Å². The van der Waals surface area contributed by atoms with E-state index >= 15 is 0 Å². The summed E-state index contributed by atoms with van der Waals surface area (Å²) in [5.74, 6) is -2.24. The van der Waals surface area contributed by atoms with Crippen LogP contribution in [0.5, 0.6) is 0 Å². The van der Waals surface area contributed by atoms with Gasteiger partial charge in [-0.1, -0.05) is 48.5 Å². The fourth-order valence-corrected chi connectivity index (χ4v) is 3.52. The Morgan fingerprint density at radius 3 is 2.18 bits per heavy atom. The van der Waals surface area contributed by atoms with Crippen molar-refractivity contribution in [2.24, 2.45) is 5.73 Å². The van der Waals surface area contributed by atoms with Crippen LogP contribution in [-0.4, -0.2) is 29.8 Å².